The molecule has 0 radical (unpaired) electrons. The number of carbonyl (C=O) groups excluding carboxylic acids is 3. The van der Waals surface area contributed by atoms with Gasteiger partial charge in [-0.1, -0.05) is 87.7 Å². The smallest absolute Gasteiger partial charge is 0.384 e. The third-order valence-corrected chi connectivity index (χ3v) is 14.7. The monoisotopic (exact) mass is 1080 g/mol. The van der Waals surface area contributed by atoms with Crippen molar-refractivity contribution in [2.45, 2.75) is 36.5 Å². The lowest BCUT2D eigenvalue weighted by atomic mass is 9.74. The van der Waals surface area contributed by atoms with Crippen molar-refractivity contribution in [3.63, 3.8) is 0 Å². The van der Waals surface area contributed by atoms with Crippen molar-refractivity contribution in [1.29, 1.82) is 0 Å². The molecule has 72 heavy (non-hydrogen) atoms. The van der Waals surface area contributed by atoms with E-state index in [9.17, 15) is 18.8 Å². The molecular weight excluding hydrogens is 1040 g/mol. The third kappa shape index (κ3) is 12.4. The molecule has 2 saturated heterocycles. The number of ether oxygens (including phenoxy) is 1. The van der Waals surface area contributed by atoms with Gasteiger partial charge in [-0.2, -0.15) is 0 Å². The minimum absolute atomic E-state index is 0.0159. The van der Waals surface area contributed by atoms with Gasteiger partial charge in [0.2, 0.25) is 0 Å². The van der Waals surface area contributed by atoms with Crippen molar-refractivity contribution in [2.75, 3.05) is 62.7 Å². The number of hydrogen-bond acceptors (Lipinski definition) is 8. The molecule has 2 spiro atoms. The molecule has 0 unspecified atom stereocenters. The zero-order chi connectivity index (χ0) is 51.0. The van der Waals surface area contributed by atoms with Gasteiger partial charge in [-0.3, -0.25) is 14.5 Å². The van der Waals surface area contributed by atoms with Crippen molar-refractivity contribution in [1.82, 2.24) is 20.2 Å². The SMILES string of the molecule is COC(=O)C#Cc1ccc(Cl)cc1.O=C(c1ccnc(Cl)c1)N1CC2(CCN(C/C=C(\F)c3ccc(Cl)cc3)CC2)c2cc(Cl)ccc21.O=C(c1ccnc(Cl)c1)N1CC2(CCNCC2)c2cc(Cl)ccc21. The van der Waals surface area contributed by atoms with Crippen LogP contribution in [0.5, 0.6) is 0 Å². The molecule has 2 fully saturated rings. The first-order valence-corrected chi connectivity index (χ1v) is 25.3. The van der Waals surface area contributed by atoms with Gasteiger partial charge in [-0.05, 0) is 166 Å². The highest BCUT2D eigenvalue weighted by Gasteiger charge is 2.47. The van der Waals surface area contributed by atoms with E-state index in [1.54, 1.807) is 91.3 Å². The molecule has 370 valence electrons. The normalized spacial score (nSPS) is 16.3. The molecule has 2 amide bonds. The highest BCUT2D eigenvalue weighted by Crippen LogP contribution is 2.49. The predicted molar refractivity (Wildman–Crippen MR) is 287 cm³/mol. The van der Waals surface area contributed by atoms with Gasteiger partial charge in [-0.25, -0.2) is 19.2 Å². The average Bonchev–Trinajstić information content (AvgIpc) is 3.86. The number of nitrogens with zero attached hydrogens (tertiary/aromatic N) is 5. The van der Waals surface area contributed by atoms with E-state index >= 15 is 0 Å². The van der Waals surface area contributed by atoms with Gasteiger partial charge in [0.15, 0.2) is 0 Å². The molecule has 10 nitrogen and oxygen atoms in total. The zero-order valence-electron chi connectivity index (χ0n) is 38.9. The Balaban J connectivity index is 0.000000161. The second-order valence-corrected chi connectivity index (χ2v) is 20.3. The standard InChI is InChI=1S/C27H23Cl3FN3O.C18H17Cl2N3O.C10H7ClO2/c28-20-3-1-18(2-4-20)23(31)8-12-33-13-9-27(10-14-33)17-34(24-6-5-21(29)16-22(24)27)26(35)19-7-11-32-25(30)15-19;19-13-1-2-15-14(10-13)18(4-7-21-8-5-18)11-23(15)17(24)12-3-6-22-16(20)9-12;1-13-10(12)7-4-8-2-5-9(11)6-3-8/h1-8,11,15-16H,9-10,12-14,17H2;1-3,6,9-10,21H,4-5,7-8,11H2;2-3,5-6H,1H3/b23-8-;;. The van der Waals surface area contributed by atoms with Crippen LogP contribution in [-0.4, -0.2) is 85.6 Å². The highest BCUT2D eigenvalue weighted by molar-refractivity contribution is 6.32. The molecule has 6 heterocycles. The van der Waals surface area contributed by atoms with E-state index < -0.39 is 5.97 Å². The molecule has 2 aromatic heterocycles. The van der Waals surface area contributed by atoms with Gasteiger partial charge in [0.1, 0.15) is 16.1 Å². The summed E-state index contributed by atoms with van der Waals surface area (Å²) in [6.07, 6.45) is 8.41. The fraction of sp³-hybridized carbons (Fsp3) is 0.255. The van der Waals surface area contributed by atoms with E-state index in [4.69, 9.17) is 69.6 Å². The number of anilines is 2. The summed E-state index contributed by atoms with van der Waals surface area (Å²) in [5, 5.41) is 6.61. The number of halogens is 7. The second kappa shape index (κ2) is 23.6. The molecule has 10 rings (SSSR count). The number of likely N-dealkylation sites (tertiary alicyclic amines) is 1. The number of pyridine rings is 2. The second-order valence-electron chi connectivity index (χ2n) is 17.8. The first-order valence-electron chi connectivity index (χ1n) is 23.0. The molecule has 0 atom stereocenters. The first kappa shape index (κ1) is 52.8. The van der Waals surface area contributed by atoms with Crippen LogP contribution in [0.1, 0.15) is 68.7 Å². The average molecular weight is 1090 g/mol. The number of nitrogens with one attached hydrogen (secondary N) is 1. The Morgan fingerprint density at radius 1 is 0.639 bits per heavy atom. The maximum absolute atomic E-state index is 14.6. The van der Waals surface area contributed by atoms with Crippen LogP contribution in [0.15, 0.2) is 128 Å². The molecule has 6 aromatic rings. The van der Waals surface area contributed by atoms with Crippen molar-refractivity contribution >= 4 is 105 Å². The van der Waals surface area contributed by atoms with Crippen LogP contribution < -0.4 is 15.1 Å². The zero-order valence-corrected chi connectivity index (χ0v) is 43.5. The Morgan fingerprint density at radius 2 is 1.11 bits per heavy atom. The van der Waals surface area contributed by atoms with Crippen LogP contribution in [-0.2, 0) is 20.4 Å². The van der Waals surface area contributed by atoms with Crippen molar-refractivity contribution in [3.05, 3.63) is 191 Å². The lowest BCUT2D eigenvalue weighted by Crippen LogP contribution is -2.46. The van der Waals surface area contributed by atoms with Crippen LogP contribution in [0, 0.1) is 11.8 Å². The summed E-state index contributed by atoms with van der Waals surface area (Å²) in [6, 6.07) is 31.8. The van der Waals surface area contributed by atoms with Gasteiger partial charge in [0.25, 0.3) is 11.8 Å². The summed E-state index contributed by atoms with van der Waals surface area (Å²) in [5.74, 6) is 4.00. The topological polar surface area (TPSA) is 108 Å². The predicted octanol–water partition coefficient (Wildman–Crippen LogP) is 12.6. The quantitative estimate of drug-likeness (QED) is 0.103. The number of esters is 1. The largest absolute Gasteiger partial charge is 0.459 e. The molecular formula is C55H47Cl6FN6O4. The van der Waals surface area contributed by atoms with Gasteiger partial charge in [-0.15, -0.1) is 0 Å². The van der Waals surface area contributed by atoms with Gasteiger partial charge in [0.05, 0.1) is 7.11 Å². The Hall–Kier alpha value is -5.52. The minimum atomic E-state index is -0.546. The number of benzene rings is 4. The lowest BCUT2D eigenvalue weighted by molar-refractivity contribution is -0.133. The molecule has 4 aliphatic heterocycles. The van der Waals surface area contributed by atoms with E-state index in [0.29, 0.717) is 61.6 Å². The van der Waals surface area contributed by atoms with Crippen LogP contribution in [0.2, 0.25) is 30.4 Å². The number of carbonyl (C=O) groups is 3. The van der Waals surface area contributed by atoms with Gasteiger partial charge < -0.3 is 19.9 Å². The first-order chi connectivity index (χ1) is 34.7. The Morgan fingerprint density at radius 3 is 1.60 bits per heavy atom. The number of methoxy groups -OCH3 is 1. The molecule has 4 aliphatic rings. The van der Waals surface area contributed by atoms with Crippen molar-refractivity contribution in [2.24, 2.45) is 0 Å². The number of aromatic nitrogens is 2. The van der Waals surface area contributed by atoms with Gasteiger partial charge >= 0.3 is 5.97 Å². The fourth-order valence-electron chi connectivity index (χ4n) is 9.60. The summed E-state index contributed by atoms with van der Waals surface area (Å²) in [5.41, 5.74) is 6.23. The van der Waals surface area contributed by atoms with E-state index in [1.807, 2.05) is 46.2 Å². The van der Waals surface area contributed by atoms with Crippen LogP contribution in [0.3, 0.4) is 0 Å². The summed E-state index contributed by atoms with van der Waals surface area (Å²) >= 11 is 36.2. The Bertz CT molecular complexity index is 3060. The number of amides is 2. The lowest BCUT2D eigenvalue weighted by Gasteiger charge is -2.39. The summed E-state index contributed by atoms with van der Waals surface area (Å²) in [4.78, 5) is 51.0. The highest BCUT2D eigenvalue weighted by atomic mass is 35.5. The molecule has 0 aliphatic carbocycles. The molecule has 4 aromatic carbocycles. The summed E-state index contributed by atoms with van der Waals surface area (Å²) in [6.45, 7) is 5.27. The number of hydrogen-bond donors (Lipinski definition) is 1. The molecule has 1 N–H and O–H groups in total. The minimum Gasteiger partial charge on any atom is -0.459 e. The van der Waals surface area contributed by atoms with Crippen LogP contribution in [0.25, 0.3) is 5.83 Å². The molecule has 0 saturated carbocycles. The molecule has 0 bridgehead atoms. The van der Waals surface area contributed by atoms with E-state index in [1.165, 1.54) is 12.7 Å². The summed E-state index contributed by atoms with van der Waals surface area (Å²) in [7, 11) is 1.29. The van der Waals surface area contributed by atoms with E-state index in [-0.39, 0.29) is 33.6 Å². The van der Waals surface area contributed by atoms with Crippen LogP contribution in [0.4, 0.5) is 15.8 Å². The van der Waals surface area contributed by atoms with Crippen molar-refractivity contribution < 1.29 is 23.5 Å². The summed E-state index contributed by atoms with van der Waals surface area (Å²) < 4.78 is 19.0. The molecule has 17 heteroatoms. The van der Waals surface area contributed by atoms with E-state index in [0.717, 1.165) is 74.4 Å². The fourth-order valence-corrected chi connectivity index (χ4v) is 10.5. The number of piperidine rings is 2. The van der Waals surface area contributed by atoms with Crippen LogP contribution >= 0.6 is 69.6 Å². The van der Waals surface area contributed by atoms with Gasteiger partial charge in [0, 0.05) is 102 Å². The van der Waals surface area contributed by atoms with Crippen molar-refractivity contribution in [3.8, 4) is 11.8 Å². The maximum Gasteiger partial charge on any atom is 0.384 e. The third-order valence-electron chi connectivity index (χ3n) is 13.4. The van der Waals surface area contributed by atoms with E-state index in [2.05, 4.69) is 36.8 Å². The number of fused-ring (bicyclic) bond motifs is 4. The Labute approximate surface area is 448 Å². The maximum atomic E-state index is 14.6. The Kier molecular flexibility index (Phi) is 17.3. The number of rotatable bonds is 5.